The third kappa shape index (κ3) is 4.48. The van der Waals surface area contributed by atoms with Gasteiger partial charge in [0.25, 0.3) is 5.56 Å². The van der Waals surface area contributed by atoms with Crippen molar-refractivity contribution in [3.63, 3.8) is 0 Å². The molecule has 0 spiro atoms. The summed E-state index contributed by atoms with van der Waals surface area (Å²) in [5.41, 5.74) is 3.51. The molecule has 0 atom stereocenters. The Balaban J connectivity index is 1.49. The molecular formula is C26H23FN6O3. The second-order valence-corrected chi connectivity index (χ2v) is 8.20. The molecule has 0 aliphatic carbocycles. The van der Waals surface area contributed by atoms with Crippen LogP contribution in [0.15, 0.2) is 59.4 Å². The minimum atomic E-state index is -0.379. The number of hydrogen-bond donors (Lipinski definition) is 4. The number of ether oxygens (including phenoxy) is 1. The van der Waals surface area contributed by atoms with Crippen molar-refractivity contribution in [2.24, 2.45) is 0 Å². The molecule has 2 aromatic heterocycles. The van der Waals surface area contributed by atoms with E-state index in [2.05, 4.69) is 30.8 Å². The Hall–Kier alpha value is -4.73. The summed E-state index contributed by atoms with van der Waals surface area (Å²) in [6.07, 6.45) is 0.374. The number of nitrogens with one attached hydrogen (secondary N) is 4. The lowest BCUT2D eigenvalue weighted by Gasteiger charge is -2.10. The van der Waals surface area contributed by atoms with Gasteiger partial charge in [-0.05, 0) is 60.5 Å². The number of rotatable bonds is 6. The third-order valence-corrected chi connectivity index (χ3v) is 5.84. The molecule has 0 aliphatic rings. The maximum atomic E-state index is 14.9. The minimum absolute atomic E-state index is 0.287. The third-order valence-electron chi connectivity index (χ3n) is 5.84. The number of aromatic amines is 2. The van der Waals surface area contributed by atoms with E-state index in [4.69, 9.17) is 4.74 Å². The van der Waals surface area contributed by atoms with Crippen molar-refractivity contribution in [3.8, 4) is 16.9 Å². The highest BCUT2D eigenvalue weighted by Gasteiger charge is 2.13. The van der Waals surface area contributed by atoms with Crippen LogP contribution in [0.25, 0.3) is 32.9 Å². The summed E-state index contributed by atoms with van der Waals surface area (Å²) >= 11 is 0. The van der Waals surface area contributed by atoms with Crippen LogP contribution in [0.4, 0.5) is 15.1 Å². The highest BCUT2D eigenvalue weighted by atomic mass is 19.1. The van der Waals surface area contributed by atoms with Crippen LogP contribution in [0.5, 0.6) is 5.75 Å². The second-order valence-electron chi connectivity index (χ2n) is 8.20. The number of imidazole rings is 1. The van der Waals surface area contributed by atoms with Crippen LogP contribution in [0.1, 0.15) is 18.2 Å². The van der Waals surface area contributed by atoms with Crippen LogP contribution in [-0.4, -0.2) is 39.9 Å². The van der Waals surface area contributed by atoms with Crippen LogP contribution in [0, 0.1) is 5.82 Å². The Labute approximate surface area is 204 Å². The molecular weight excluding hydrogens is 463 g/mol. The molecule has 0 saturated carbocycles. The van der Waals surface area contributed by atoms with Gasteiger partial charge in [0.1, 0.15) is 11.6 Å². The number of benzene rings is 3. The zero-order valence-electron chi connectivity index (χ0n) is 19.6. The molecule has 5 rings (SSSR count). The first-order valence-electron chi connectivity index (χ1n) is 11.3. The maximum absolute atomic E-state index is 14.9. The lowest BCUT2D eigenvalue weighted by molar-refractivity contribution is 0.252. The molecule has 0 radical (unpaired) electrons. The van der Waals surface area contributed by atoms with Crippen molar-refractivity contribution in [1.29, 1.82) is 0 Å². The van der Waals surface area contributed by atoms with E-state index in [9.17, 15) is 14.0 Å². The highest BCUT2D eigenvalue weighted by Crippen LogP contribution is 2.29. The highest BCUT2D eigenvalue weighted by molar-refractivity contribution is 5.91. The van der Waals surface area contributed by atoms with Gasteiger partial charge in [-0.25, -0.2) is 19.3 Å². The normalized spacial score (nSPS) is 11.1. The Bertz CT molecular complexity index is 1660. The molecule has 182 valence electrons. The smallest absolute Gasteiger partial charge is 0.321 e. The molecule has 0 fully saturated rings. The number of nitrogens with zero attached hydrogens (tertiary/aromatic N) is 2. The fourth-order valence-electron chi connectivity index (χ4n) is 4.10. The average Bonchev–Trinajstić information content (AvgIpc) is 3.28. The van der Waals surface area contributed by atoms with E-state index in [0.717, 1.165) is 5.56 Å². The monoisotopic (exact) mass is 486 g/mol. The summed E-state index contributed by atoms with van der Waals surface area (Å²) in [6, 6.07) is 15.0. The Morgan fingerprint density at radius 1 is 1.08 bits per heavy atom. The Morgan fingerprint density at radius 3 is 2.75 bits per heavy atom. The van der Waals surface area contributed by atoms with Gasteiger partial charge in [-0.2, -0.15) is 5.10 Å². The zero-order chi connectivity index (χ0) is 25.2. The van der Waals surface area contributed by atoms with Gasteiger partial charge in [0.15, 0.2) is 0 Å². The first-order chi connectivity index (χ1) is 17.4. The first kappa shape index (κ1) is 23.0. The molecule has 3 aromatic carbocycles. The summed E-state index contributed by atoms with van der Waals surface area (Å²) < 4.78 is 20.2. The van der Waals surface area contributed by atoms with Crippen LogP contribution in [-0.2, 0) is 6.42 Å². The number of H-pyrrole nitrogens is 2. The van der Waals surface area contributed by atoms with Gasteiger partial charge in [-0.1, -0.05) is 12.1 Å². The van der Waals surface area contributed by atoms with Gasteiger partial charge in [-0.3, -0.25) is 10.1 Å². The average molecular weight is 487 g/mol. The van der Waals surface area contributed by atoms with Gasteiger partial charge in [0.2, 0.25) is 5.95 Å². The van der Waals surface area contributed by atoms with Crippen LogP contribution < -0.4 is 20.9 Å². The molecule has 0 saturated heterocycles. The number of anilines is 1. The minimum Gasteiger partial charge on any atom is -0.497 e. The Morgan fingerprint density at radius 2 is 1.94 bits per heavy atom. The van der Waals surface area contributed by atoms with E-state index in [-0.39, 0.29) is 17.4 Å². The predicted octanol–water partition coefficient (Wildman–Crippen LogP) is 4.35. The molecule has 0 bridgehead atoms. The number of amides is 2. The number of fused-ring (bicyclic) bond motifs is 2. The van der Waals surface area contributed by atoms with Crippen molar-refractivity contribution >= 4 is 33.8 Å². The quantitative estimate of drug-likeness (QED) is 0.284. The Kier molecular flexibility index (Phi) is 6.07. The number of aromatic nitrogens is 4. The maximum Gasteiger partial charge on any atom is 0.321 e. The van der Waals surface area contributed by atoms with E-state index in [1.807, 2.05) is 6.92 Å². The second kappa shape index (κ2) is 9.49. The largest absolute Gasteiger partial charge is 0.497 e. The lowest BCUT2D eigenvalue weighted by Crippen LogP contribution is -2.28. The van der Waals surface area contributed by atoms with E-state index in [1.54, 1.807) is 55.6 Å². The molecule has 4 N–H and O–H groups in total. The van der Waals surface area contributed by atoms with Crippen molar-refractivity contribution < 1.29 is 13.9 Å². The number of carbonyl (C=O) groups excluding carboxylic acids is 1. The number of methoxy groups -OCH3 is 1. The molecule has 9 nitrogen and oxygen atoms in total. The molecule has 10 heteroatoms. The summed E-state index contributed by atoms with van der Waals surface area (Å²) in [7, 11) is 1.56. The van der Waals surface area contributed by atoms with Crippen molar-refractivity contribution in [2.75, 3.05) is 19.0 Å². The van der Waals surface area contributed by atoms with Gasteiger partial charge in [0.05, 0.1) is 29.2 Å². The SMILES string of the molecule is CCNC(=O)Nc1nc2cc(-c3cc(Cc4n[nH]c(=O)c5ccc(OC)cc45)ccc3F)ccc2[nH]1. The van der Waals surface area contributed by atoms with Gasteiger partial charge >= 0.3 is 6.03 Å². The molecule has 36 heavy (non-hydrogen) atoms. The number of halogens is 1. The zero-order valence-corrected chi connectivity index (χ0v) is 19.6. The number of urea groups is 1. The summed E-state index contributed by atoms with van der Waals surface area (Å²) in [6.45, 7) is 2.31. The molecule has 0 unspecified atom stereocenters. The van der Waals surface area contributed by atoms with Gasteiger partial charge < -0.3 is 15.0 Å². The van der Waals surface area contributed by atoms with E-state index >= 15 is 0 Å². The van der Waals surface area contributed by atoms with Crippen LogP contribution >= 0.6 is 0 Å². The fraction of sp³-hybridized carbons (Fsp3) is 0.154. The van der Waals surface area contributed by atoms with Crippen molar-refractivity contribution in [3.05, 3.63) is 82.0 Å². The summed E-state index contributed by atoms with van der Waals surface area (Å²) in [5, 5.41) is 13.2. The van der Waals surface area contributed by atoms with Crippen molar-refractivity contribution in [2.45, 2.75) is 13.3 Å². The van der Waals surface area contributed by atoms with E-state index < -0.39 is 0 Å². The fourth-order valence-corrected chi connectivity index (χ4v) is 4.10. The van der Waals surface area contributed by atoms with E-state index in [1.165, 1.54) is 6.07 Å². The predicted molar refractivity (Wildman–Crippen MR) is 136 cm³/mol. The van der Waals surface area contributed by atoms with Crippen LogP contribution in [0.3, 0.4) is 0 Å². The van der Waals surface area contributed by atoms with Gasteiger partial charge in [-0.15, -0.1) is 0 Å². The van der Waals surface area contributed by atoms with Crippen LogP contribution in [0.2, 0.25) is 0 Å². The molecule has 5 aromatic rings. The van der Waals surface area contributed by atoms with Crippen molar-refractivity contribution in [1.82, 2.24) is 25.5 Å². The van der Waals surface area contributed by atoms with E-state index in [0.29, 0.717) is 63.3 Å². The standard InChI is InChI=1S/C26H23FN6O3/c1-3-28-26(35)31-25-29-21-9-5-15(12-23(21)30-25)18-10-14(4-8-20(18)27)11-22-19-13-16(36-2)6-7-17(19)24(34)33-32-22/h4-10,12-13H,3,11H2,1-2H3,(H,33,34)(H3,28,29,30,31,35). The first-order valence-corrected chi connectivity index (χ1v) is 11.3. The summed E-state index contributed by atoms with van der Waals surface area (Å²) in [4.78, 5) is 31.4. The number of hydrogen-bond acceptors (Lipinski definition) is 5. The topological polar surface area (TPSA) is 125 Å². The van der Waals surface area contributed by atoms with Gasteiger partial charge in [0, 0.05) is 23.9 Å². The molecule has 2 heterocycles. The lowest BCUT2D eigenvalue weighted by atomic mass is 9.98. The summed E-state index contributed by atoms with van der Waals surface area (Å²) in [5.74, 6) is 0.535. The molecule has 2 amide bonds. The molecule has 0 aliphatic heterocycles. The number of carbonyl (C=O) groups is 1.